The highest BCUT2D eigenvalue weighted by Crippen LogP contribution is 2.27. The third kappa shape index (κ3) is 2.65. The summed E-state index contributed by atoms with van der Waals surface area (Å²) in [5, 5.41) is 1.80. The molecule has 0 unspecified atom stereocenters. The van der Waals surface area contributed by atoms with E-state index in [2.05, 4.69) is 4.98 Å². The first kappa shape index (κ1) is 15.1. The minimum absolute atomic E-state index is 0.00536. The topological polar surface area (TPSA) is 32.9 Å². The van der Waals surface area contributed by atoms with Crippen molar-refractivity contribution in [2.24, 2.45) is 0 Å². The van der Waals surface area contributed by atoms with Crippen LogP contribution in [0.1, 0.15) is 22.4 Å². The highest BCUT2D eigenvalue weighted by molar-refractivity contribution is 6.36. The van der Waals surface area contributed by atoms with E-state index in [-0.39, 0.29) is 5.43 Å². The maximum Gasteiger partial charge on any atom is 0.194 e. The fraction of sp³-hybridized carbons (Fsp3) is 0.167. The highest BCUT2D eigenvalue weighted by Gasteiger charge is 2.12. The number of H-pyrrole nitrogens is 1. The van der Waals surface area contributed by atoms with Gasteiger partial charge >= 0.3 is 0 Å². The molecular weight excluding hydrogens is 317 g/mol. The van der Waals surface area contributed by atoms with Gasteiger partial charge in [0.25, 0.3) is 0 Å². The van der Waals surface area contributed by atoms with Crippen LogP contribution in [0.25, 0.3) is 10.9 Å². The third-order valence-electron chi connectivity index (χ3n) is 3.98. The average molecular weight is 332 g/mol. The van der Waals surface area contributed by atoms with Gasteiger partial charge in [0.05, 0.1) is 15.9 Å². The van der Waals surface area contributed by atoms with Gasteiger partial charge in [-0.2, -0.15) is 0 Å². The fourth-order valence-corrected chi connectivity index (χ4v) is 3.00. The molecule has 3 aromatic rings. The van der Waals surface area contributed by atoms with Crippen molar-refractivity contribution in [1.82, 2.24) is 4.98 Å². The number of halogens is 2. The average Bonchev–Trinajstić information content (AvgIpc) is 2.50. The van der Waals surface area contributed by atoms with Crippen molar-refractivity contribution in [1.29, 1.82) is 0 Å². The molecule has 0 amide bonds. The predicted octanol–water partition coefficient (Wildman–Crippen LogP) is 5.04. The molecule has 0 radical (unpaired) electrons. The van der Waals surface area contributed by atoms with Crippen molar-refractivity contribution in [3.05, 3.63) is 79.1 Å². The van der Waals surface area contributed by atoms with Crippen LogP contribution in [-0.4, -0.2) is 4.98 Å². The Labute approximate surface area is 138 Å². The van der Waals surface area contributed by atoms with Crippen molar-refractivity contribution in [2.45, 2.75) is 20.3 Å². The second kappa shape index (κ2) is 5.79. The molecule has 0 saturated heterocycles. The summed E-state index contributed by atoms with van der Waals surface area (Å²) in [4.78, 5) is 15.7. The smallest absolute Gasteiger partial charge is 0.194 e. The van der Waals surface area contributed by atoms with Crippen LogP contribution in [0.5, 0.6) is 0 Å². The molecule has 0 fully saturated rings. The summed E-state index contributed by atoms with van der Waals surface area (Å²) >= 11 is 12.4. The second-order valence-corrected chi connectivity index (χ2v) is 6.28. The maximum absolute atomic E-state index is 12.5. The molecule has 0 spiro atoms. The van der Waals surface area contributed by atoms with E-state index in [0.29, 0.717) is 27.4 Å². The molecule has 22 heavy (non-hydrogen) atoms. The van der Waals surface area contributed by atoms with Gasteiger partial charge in [0.2, 0.25) is 0 Å². The maximum atomic E-state index is 12.5. The number of nitrogens with one attached hydrogen (secondary N) is 1. The van der Waals surface area contributed by atoms with E-state index in [1.807, 2.05) is 50.2 Å². The molecule has 3 rings (SSSR count). The normalized spacial score (nSPS) is 11.1. The molecule has 112 valence electrons. The van der Waals surface area contributed by atoms with E-state index >= 15 is 0 Å². The summed E-state index contributed by atoms with van der Waals surface area (Å²) in [6.45, 7) is 3.71. The summed E-state index contributed by atoms with van der Waals surface area (Å²) in [5.74, 6) is 0. The Morgan fingerprint density at radius 2 is 1.68 bits per heavy atom. The number of pyridine rings is 1. The minimum atomic E-state index is -0.00536. The SMILES string of the molecule is Cc1[nH]c2ccc(Cc3ccc(Cl)cc3)c(Cl)c2c(=O)c1C. The van der Waals surface area contributed by atoms with Crippen LogP contribution >= 0.6 is 23.2 Å². The zero-order chi connectivity index (χ0) is 15.9. The van der Waals surface area contributed by atoms with Crippen molar-refractivity contribution >= 4 is 34.1 Å². The number of benzene rings is 2. The molecule has 0 aliphatic heterocycles. The predicted molar refractivity (Wildman–Crippen MR) is 93.3 cm³/mol. The Morgan fingerprint density at radius 1 is 1.00 bits per heavy atom. The molecule has 2 nitrogen and oxygen atoms in total. The molecule has 0 bridgehead atoms. The van der Waals surface area contributed by atoms with Crippen LogP contribution in [0.4, 0.5) is 0 Å². The summed E-state index contributed by atoms with van der Waals surface area (Å²) in [6, 6.07) is 11.5. The lowest BCUT2D eigenvalue weighted by molar-refractivity contribution is 1.16. The van der Waals surface area contributed by atoms with E-state index in [4.69, 9.17) is 23.2 Å². The molecule has 1 N–H and O–H groups in total. The van der Waals surface area contributed by atoms with Crippen LogP contribution in [0.2, 0.25) is 10.0 Å². The van der Waals surface area contributed by atoms with Crippen LogP contribution in [0.3, 0.4) is 0 Å². The molecule has 0 aliphatic rings. The minimum Gasteiger partial charge on any atom is -0.358 e. The van der Waals surface area contributed by atoms with Gasteiger partial charge < -0.3 is 4.98 Å². The number of hydrogen-bond donors (Lipinski definition) is 1. The van der Waals surface area contributed by atoms with Gasteiger partial charge in [-0.3, -0.25) is 4.79 Å². The summed E-state index contributed by atoms with van der Waals surface area (Å²) in [6.07, 6.45) is 0.665. The van der Waals surface area contributed by atoms with E-state index < -0.39 is 0 Å². The van der Waals surface area contributed by atoms with Crippen LogP contribution in [0, 0.1) is 13.8 Å². The van der Waals surface area contributed by atoms with E-state index in [0.717, 1.165) is 22.3 Å². The third-order valence-corrected chi connectivity index (χ3v) is 4.67. The van der Waals surface area contributed by atoms with E-state index in [1.54, 1.807) is 0 Å². The van der Waals surface area contributed by atoms with Crippen molar-refractivity contribution in [3.8, 4) is 0 Å². The van der Waals surface area contributed by atoms with Crippen LogP contribution in [-0.2, 0) is 6.42 Å². The standard InChI is InChI=1S/C18H15Cl2NO/c1-10-11(2)21-15-8-5-13(17(20)16(15)18(10)22)9-12-3-6-14(19)7-4-12/h3-8H,9H2,1-2H3,(H,21,22). The molecule has 0 aliphatic carbocycles. The number of rotatable bonds is 2. The summed E-state index contributed by atoms with van der Waals surface area (Å²) in [7, 11) is 0. The Kier molecular flexibility index (Phi) is 3.98. The first-order valence-corrected chi connectivity index (χ1v) is 7.78. The zero-order valence-corrected chi connectivity index (χ0v) is 13.8. The van der Waals surface area contributed by atoms with Crippen molar-refractivity contribution in [2.75, 3.05) is 0 Å². The van der Waals surface area contributed by atoms with Gasteiger partial charge in [0.15, 0.2) is 5.43 Å². The van der Waals surface area contributed by atoms with E-state index in [9.17, 15) is 4.79 Å². The van der Waals surface area contributed by atoms with Gasteiger partial charge in [-0.05, 0) is 49.6 Å². The summed E-state index contributed by atoms with van der Waals surface area (Å²) in [5.41, 5.74) is 4.39. The fourth-order valence-electron chi connectivity index (χ4n) is 2.56. The molecular formula is C18H15Cl2NO. The Morgan fingerprint density at radius 3 is 2.36 bits per heavy atom. The van der Waals surface area contributed by atoms with Gasteiger partial charge in [0.1, 0.15) is 0 Å². The van der Waals surface area contributed by atoms with Crippen molar-refractivity contribution in [3.63, 3.8) is 0 Å². The number of fused-ring (bicyclic) bond motifs is 1. The molecule has 1 aromatic heterocycles. The Bertz CT molecular complexity index is 911. The molecule has 4 heteroatoms. The number of aromatic nitrogens is 1. The van der Waals surface area contributed by atoms with Gasteiger partial charge in [-0.25, -0.2) is 0 Å². The first-order valence-electron chi connectivity index (χ1n) is 7.02. The number of aromatic amines is 1. The number of aryl methyl sites for hydroxylation is 1. The monoisotopic (exact) mass is 331 g/mol. The van der Waals surface area contributed by atoms with Crippen molar-refractivity contribution < 1.29 is 0 Å². The largest absolute Gasteiger partial charge is 0.358 e. The lowest BCUT2D eigenvalue weighted by atomic mass is 10.0. The lowest BCUT2D eigenvalue weighted by Crippen LogP contribution is -2.10. The zero-order valence-electron chi connectivity index (χ0n) is 12.3. The molecule has 0 atom stereocenters. The number of hydrogen-bond acceptors (Lipinski definition) is 1. The van der Waals surface area contributed by atoms with Crippen LogP contribution < -0.4 is 5.43 Å². The van der Waals surface area contributed by atoms with Gasteiger partial charge in [0, 0.05) is 16.3 Å². The molecule has 2 aromatic carbocycles. The molecule has 1 heterocycles. The first-order chi connectivity index (χ1) is 10.5. The van der Waals surface area contributed by atoms with E-state index in [1.165, 1.54) is 0 Å². The quantitative estimate of drug-likeness (QED) is 0.700. The Hall–Kier alpha value is -1.77. The summed E-state index contributed by atoms with van der Waals surface area (Å²) < 4.78 is 0. The Balaban J connectivity index is 2.14. The highest BCUT2D eigenvalue weighted by atomic mass is 35.5. The lowest BCUT2D eigenvalue weighted by Gasteiger charge is -2.10. The second-order valence-electron chi connectivity index (χ2n) is 5.47. The van der Waals surface area contributed by atoms with Gasteiger partial charge in [-0.1, -0.05) is 41.4 Å². The van der Waals surface area contributed by atoms with Gasteiger partial charge in [-0.15, -0.1) is 0 Å². The molecule has 0 saturated carbocycles. The van der Waals surface area contributed by atoms with Crippen LogP contribution in [0.15, 0.2) is 41.2 Å².